The van der Waals surface area contributed by atoms with E-state index in [2.05, 4.69) is 6.08 Å². The lowest BCUT2D eigenvalue weighted by atomic mass is 9.57. The molecule has 4 amide bonds. The average Bonchev–Trinajstić information content (AvgIpc) is 3.44. The number of carbonyl (C=O) groups excluding carboxylic acids is 4. The maximum Gasteiger partial charge on any atom is 0.234 e. The number of phenolic OH excluding ortho intramolecular Hbond substituents is 1. The number of hydrogen-bond acceptors (Lipinski definition) is 7. The molecule has 230 valence electrons. The predicted octanol–water partition coefficient (Wildman–Crippen LogP) is 4.71. The molecule has 6 atom stereocenters. The summed E-state index contributed by atoms with van der Waals surface area (Å²) in [6, 6.07) is 2.86. The van der Waals surface area contributed by atoms with E-state index in [0.29, 0.717) is 29.9 Å². The number of fused-ring (bicyclic) bond motifs is 4. The van der Waals surface area contributed by atoms with Crippen molar-refractivity contribution in [3.63, 3.8) is 0 Å². The summed E-state index contributed by atoms with van der Waals surface area (Å²) < 4.78 is 11.5. The van der Waals surface area contributed by atoms with Gasteiger partial charge in [-0.25, -0.2) is 0 Å². The summed E-state index contributed by atoms with van der Waals surface area (Å²) in [5.74, 6) is -2.95. The Kier molecular flexibility index (Phi) is 7.25. The van der Waals surface area contributed by atoms with Crippen LogP contribution >= 0.6 is 0 Å². The first-order valence-electron chi connectivity index (χ1n) is 16.2. The van der Waals surface area contributed by atoms with Crippen molar-refractivity contribution in [2.24, 2.45) is 29.6 Å². The maximum atomic E-state index is 14.4. The molecule has 6 aliphatic rings. The van der Waals surface area contributed by atoms with E-state index < -0.39 is 29.6 Å². The number of carbonyl (C=O) groups is 4. The van der Waals surface area contributed by atoms with Crippen molar-refractivity contribution in [1.82, 2.24) is 9.80 Å². The van der Waals surface area contributed by atoms with E-state index in [1.807, 2.05) is 0 Å². The van der Waals surface area contributed by atoms with Crippen molar-refractivity contribution in [3.05, 3.63) is 29.3 Å². The smallest absolute Gasteiger partial charge is 0.234 e. The fourth-order valence-electron chi connectivity index (χ4n) is 9.59. The molecular formula is C34H42N2O7. The molecule has 2 aliphatic heterocycles. The molecule has 3 saturated carbocycles. The quantitative estimate of drug-likeness (QED) is 0.390. The van der Waals surface area contributed by atoms with Gasteiger partial charge in [-0.05, 0) is 44.4 Å². The van der Waals surface area contributed by atoms with E-state index >= 15 is 0 Å². The molecule has 0 radical (unpaired) electrons. The highest BCUT2D eigenvalue weighted by Gasteiger charge is 2.63. The topological polar surface area (TPSA) is 113 Å². The Hall–Kier alpha value is -3.36. The first-order chi connectivity index (χ1) is 20.8. The van der Waals surface area contributed by atoms with Crippen LogP contribution in [-0.4, -0.2) is 64.8 Å². The zero-order valence-electron chi connectivity index (χ0n) is 25.1. The fraction of sp³-hybridized carbons (Fsp3) is 0.647. The van der Waals surface area contributed by atoms with Crippen molar-refractivity contribution in [1.29, 1.82) is 0 Å². The molecule has 0 bridgehead atoms. The van der Waals surface area contributed by atoms with Gasteiger partial charge in [-0.15, -0.1) is 0 Å². The minimum absolute atomic E-state index is 0.0311. The number of ether oxygens (including phenoxy) is 2. The van der Waals surface area contributed by atoms with Gasteiger partial charge in [0.25, 0.3) is 0 Å². The van der Waals surface area contributed by atoms with Gasteiger partial charge in [-0.3, -0.25) is 29.0 Å². The highest BCUT2D eigenvalue weighted by Crippen LogP contribution is 2.61. The molecular weight excluding hydrogens is 548 g/mol. The molecule has 9 nitrogen and oxygen atoms in total. The van der Waals surface area contributed by atoms with Crippen LogP contribution < -0.4 is 9.47 Å². The molecule has 0 unspecified atom stereocenters. The Morgan fingerprint density at radius 1 is 0.674 bits per heavy atom. The number of amides is 4. The molecule has 0 aromatic heterocycles. The molecule has 7 rings (SSSR count). The number of phenols is 1. The lowest BCUT2D eigenvalue weighted by Crippen LogP contribution is -2.44. The predicted molar refractivity (Wildman–Crippen MR) is 156 cm³/mol. The van der Waals surface area contributed by atoms with Crippen molar-refractivity contribution in [2.45, 2.75) is 95.1 Å². The van der Waals surface area contributed by atoms with Crippen LogP contribution in [0.1, 0.15) is 88.5 Å². The highest BCUT2D eigenvalue weighted by atomic mass is 16.5. The van der Waals surface area contributed by atoms with Crippen LogP contribution in [-0.2, 0) is 19.2 Å². The number of methoxy groups -OCH3 is 2. The maximum absolute atomic E-state index is 14.4. The number of rotatable bonds is 5. The minimum atomic E-state index is -0.664. The van der Waals surface area contributed by atoms with Gasteiger partial charge in [0.05, 0.1) is 37.9 Å². The Labute approximate surface area is 252 Å². The van der Waals surface area contributed by atoms with Crippen LogP contribution in [0.2, 0.25) is 0 Å². The molecule has 2 heterocycles. The fourth-order valence-corrected chi connectivity index (χ4v) is 9.59. The Morgan fingerprint density at radius 2 is 1.19 bits per heavy atom. The average molecular weight is 591 g/mol. The largest absolute Gasteiger partial charge is 0.508 e. The standard InChI is InChI=1S/C34H42N2O7/c1-42-25-15-20(37)16-26(43-2)30(25)28-21-13-14-22-27(33(40)35(31(22)38)18-9-5-3-6-10-18)23(21)17-24-29(28)34(41)36(32(24)39)19-11-7-4-8-12-19/h13,15-16,18-19,22-24,27-29,37H,3-12,14,17H2,1-2H3/t22-,23+,24+,27-,28-,29+/m0/s1. The van der Waals surface area contributed by atoms with E-state index in [1.165, 1.54) is 26.4 Å². The third-order valence-corrected chi connectivity index (χ3v) is 11.4. The van der Waals surface area contributed by atoms with E-state index in [9.17, 15) is 24.3 Å². The summed E-state index contributed by atoms with van der Waals surface area (Å²) in [4.78, 5) is 59.8. The molecule has 2 saturated heterocycles. The Morgan fingerprint density at radius 3 is 1.72 bits per heavy atom. The van der Waals surface area contributed by atoms with Gasteiger partial charge in [-0.1, -0.05) is 50.2 Å². The molecule has 9 heteroatoms. The van der Waals surface area contributed by atoms with Crippen LogP contribution in [0.15, 0.2) is 23.8 Å². The second kappa shape index (κ2) is 11.0. The van der Waals surface area contributed by atoms with Crippen LogP contribution in [0.25, 0.3) is 0 Å². The number of imide groups is 2. The first-order valence-corrected chi connectivity index (χ1v) is 16.2. The molecule has 1 aromatic carbocycles. The van der Waals surface area contributed by atoms with Gasteiger partial charge in [0.15, 0.2) is 0 Å². The lowest BCUT2D eigenvalue weighted by Gasteiger charge is -2.44. The summed E-state index contributed by atoms with van der Waals surface area (Å²) in [6.45, 7) is 0. The summed E-state index contributed by atoms with van der Waals surface area (Å²) in [5, 5.41) is 10.5. The first kappa shape index (κ1) is 28.4. The Balaban J connectivity index is 1.34. The van der Waals surface area contributed by atoms with E-state index in [-0.39, 0.29) is 47.4 Å². The monoisotopic (exact) mass is 590 g/mol. The number of likely N-dealkylation sites (tertiary alicyclic amines) is 2. The van der Waals surface area contributed by atoms with Gasteiger partial charge in [-0.2, -0.15) is 0 Å². The summed E-state index contributed by atoms with van der Waals surface area (Å²) in [5.41, 5.74) is 1.53. The van der Waals surface area contributed by atoms with Crippen LogP contribution in [0.4, 0.5) is 0 Å². The number of hydrogen-bond donors (Lipinski definition) is 1. The lowest BCUT2D eigenvalue weighted by molar-refractivity contribution is -0.145. The zero-order chi connectivity index (χ0) is 30.0. The van der Waals surface area contributed by atoms with Gasteiger partial charge in [0.2, 0.25) is 23.6 Å². The number of aromatic hydroxyl groups is 1. The van der Waals surface area contributed by atoms with E-state index in [1.54, 1.807) is 9.80 Å². The van der Waals surface area contributed by atoms with Crippen LogP contribution in [0.5, 0.6) is 17.2 Å². The third-order valence-electron chi connectivity index (χ3n) is 11.4. The minimum Gasteiger partial charge on any atom is -0.508 e. The zero-order valence-corrected chi connectivity index (χ0v) is 25.1. The number of nitrogens with zero attached hydrogens (tertiary/aromatic N) is 2. The number of allylic oxidation sites excluding steroid dienone is 2. The third kappa shape index (κ3) is 4.32. The number of benzene rings is 1. The molecule has 4 aliphatic carbocycles. The summed E-state index contributed by atoms with van der Waals surface area (Å²) in [6.07, 6.45) is 12.4. The SMILES string of the molecule is COc1cc(O)cc(OC)c1[C@H]1C2=CC[C@@H]3C(=O)N(C4CCCCC4)C(=O)[C@@H]3[C@@H]2C[C@H]2C(=O)N(C3CCCCC3)C(=O)[C@@H]12. The van der Waals surface area contributed by atoms with E-state index in [4.69, 9.17) is 9.47 Å². The molecule has 43 heavy (non-hydrogen) atoms. The normalized spacial score (nSPS) is 33.3. The van der Waals surface area contributed by atoms with Crippen molar-refractivity contribution in [2.75, 3.05) is 14.2 Å². The van der Waals surface area contributed by atoms with Crippen LogP contribution in [0, 0.1) is 29.6 Å². The highest BCUT2D eigenvalue weighted by molar-refractivity contribution is 6.08. The van der Waals surface area contributed by atoms with E-state index in [0.717, 1.165) is 69.8 Å². The van der Waals surface area contributed by atoms with Crippen LogP contribution in [0.3, 0.4) is 0 Å². The Bertz CT molecular complexity index is 1350. The summed E-state index contributed by atoms with van der Waals surface area (Å²) in [7, 11) is 3.02. The van der Waals surface area contributed by atoms with Gasteiger partial charge >= 0.3 is 0 Å². The van der Waals surface area contributed by atoms with Gasteiger partial charge in [0.1, 0.15) is 17.2 Å². The summed E-state index contributed by atoms with van der Waals surface area (Å²) >= 11 is 0. The van der Waals surface area contributed by atoms with Gasteiger partial charge in [0, 0.05) is 35.7 Å². The molecule has 1 aromatic rings. The second-order valence-electron chi connectivity index (χ2n) is 13.5. The van der Waals surface area contributed by atoms with Crippen molar-refractivity contribution >= 4 is 23.6 Å². The van der Waals surface area contributed by atoms with Gasteiger partial charge < -0.3 is 14.6 Å². The van der Waals surface area contributed by atoms with Crippen molar-refractivity contribution < 1.29 is 33.8 Å². The molecule has 1 N–H and O–H groups in total. The second-order valence-corrected chi connectivity index (χ2v) is 13.5. The van der Waals surface area contributed by atoms with Crippen molar-refractivity contribution in [3.8, 4) is 17.2 Å². The molecule has 0 spiro atoms. The molecule has 5 fully saturated rings.